The maximum atomic E-state index is 5.88. The predicted octanol–water partition coefficient (Wildman–Crippen LogP) is 3.80. The van der Waals surface area contributed by atoms with Crippen LogP contribution in [0.15, 0.2) is 54.6 Å². The Morgan fingerprint density at radius 1 is 0.957 bits per heavy atom. The minimum atomic E-state index is -0.530. The zero-order valence-corrected chi connectivity index (χ0v) is 13.5. The van der Waals surface area contributed by atoms with Gasteiger partial charge in [-0.05, 0) is 31.5 Å². The number of hydrogen-bond donors (Lipinski definition) is 0. The first-order valence-electron chi connectivity index (χ1n) is 7.83. The number of para-hydroxylation sites is 2. The van der Waals surface area contributed by atoms with E-state index < -0.39 is 5.79 Å². The molecular weight excluding hydrogens is 292 g/mol. The maximum absolute atomic E-state index is 5.88. The average molecular weight is 314 g/mol. The molecule has 0 N–H and O–H groups in total. The summed E-state index contributed by atoms with van der Waals surface area (Å²) >= 11 is 0. The summed E-state index contributed by atoms with van der Waals surface area (Å²) in [5, 5.41) is 0. The first-order valence-corrected chi connectivity index (χ1v) is 7.83. The first-order chi connectivity index (χ1) is 11.1. The Labute approximate surface area is 136 Å². The summed E-state index contributed by atoms with van der Waals surface area (Å²) in [5.41, 5.74) is 1.12. The molecule has 0 aliphatic carbocycles. The molecule has 2 aromatic carbocycles. The summed E-state index contributed by atoms with van der Waals surface area (Å²) < 4.78 is 23.1. The van der Waals surface area contributed by atoms with Crippen LogP contribution in [0.25, 0.3) is 0 Å². The SMILES string of the molecule is CC1(C)OC[C@H](COc2ccccc2OCc2ccccc2)O1. The van der Waals surface area contributed by atoms with Crippen LogP contribution >= 0.6 is 0 Å². The van der Waals surface area contributed by atoms with Gasteiger partial charge in [0, 0.05) is 0 Å². The molecule has 4 nitrogen and oxygen atoms in total. The first kappa shape index (κ1) is 15.8. The number of ether oxygens (including phenoxy) is 4. The predicted molar refractivity (Wildman–Crippen MR) is 87.6 cm³/mol. The number of hydrogen-bond acceptors (Lipinski definition) is 4. The van der Waals surface area contributed by atoms with E-state index in [0.717, 1.165) is 17.1 Å². The second-order valence-corrected chi connectivity index (χ2v) is 5.98. The van der Waals surface area contributed by atoms with Crippen molar-refractivity contribution in [2.24, 2.45) is 0 Å². The smallest absolute Gasteiger partial charge is 0.163 e. The van der Waals surface area contributed by atoms with E-state index in [-0.39, 0.29) is 6.10 Å². The molecule has 0 radical (unpaired) electrons. The van der Waals surface area contributed by atoms with Gasteiger partial charge in [0.15, 0.2) is 17.3 Å². The molecule has 0 amide bonds. The standard InChI is InChI=1S/C19H22O4/c1-19(2)22-14-16(23-19)13-21-18-11-7-6-10-17(18)20-12-15-8-4-3-5-9-15/h3-11,16H,12-14H2,1-2H3/t16-/m0/s1. The monoisotopic (exact) mass is 314 g/mol. The van der Waals surface area contributed by atoms with Gasteiger partial charge in [0.05, 0.1) is 6.61 Å². The highest BCUT2D eigenvalue weighted by Gasteiger charge is 2.33. The minimum Gasteiger partial charge on any atom is -0.487 e. The van der Waals surface area contributed by atoms with Crippen LogP contribution in [0.2, 0.25) is 0 Å². The second-order valence-electron chi connectivity index (χ2n) is 5.98. The van der Waals surface area contributed by atoms with Crippen LogP contribution in [0.4, 0.5) is 0 Å². The molecule has 0 saturated carbocycles. The molecule has 1 heterocycles. The molecule has 3 rings (SSSR count). The fraction of sp³-hybridized carbons (Fsp3) is 0.368. The van der Waals surface area contributed by atoms with E-state index in [9.17, 15) is 0 Å². The van der Waals surface area contributed by atoms with Crippen molar-refractivity contribution in [3.63, 3.8) is 0 Å². The molecule has 0 spiro atoms. The second kappa shape index (κ2) is 7.02. The van der Waals surface area contributed by atoms with Crippen molar-refractivity contribution in [1.82, 2.24) is 0 Å². The van der Waals surface area contributed by atoms with Gasteiger partial charge in [-0.25, -0.2) is 0 Å². The molecule has 0 aromatic heterocycles. The highest BCUT2D eigenvalue weighted by Crippen LogP contribution is 2.29. The summed E-state index contributed by atoms with van der Waals surface area (Å²) in [5.74, 6) is 0.920. The molecular formula is C19H22O4. The number of rotatable bonds is 6. The van der Waals surface area contributed by atoms with Crippen molar-refractivity contribution in [2.45, 2.75) is 32.3 Å². The van der Waals surface area contributed by atoms with Crippen molar-refractivity contribution in [1.29, 1.82) is 0 Å². The third kappa shape index (κ3) is 4.47. The van der Waals surface area contributed by atoms with E-state index in [1.807, 2.05) is 68.4 Å². The summed E-state index contributed by atoms with van der Waals surface area (Å²) in [6.45, 7) is 5.31. The molecule has 2 aromatic rings. The van der Waals surface area contributed by atoms with Gasteiger partial charge >= 0.3 is 0 Å². The van der Waals surface area contributed by atoms with Gasteiger partial charge < -0.3 is 18.9 Å². The van der Waals surface area contributed by atoms with Crippen molar-refractivity contribution in [3.05, 3.63) is 60.2 Å². The summed E-state index contributed by atoms with van der Waals surface area (Å²) in [4.78, 5) is 0. The van der Waals surface area contributed by atoms with Crippen LogP contribution in [0.3, 0.4) is 0 Å². The fourth-order valence-corrected chi connectivity index (χ4v) is 2.45. The highest BCUT2D eigenvalue weighted by molar-refractivity contribution is 5.39. The number of benzene rings is 2. The van der Waals surface area contributed by atoms with Crippen molar-refractivity contribution in [3.8, 4) is 11.5 Å². The maximum Gasteiger partial charge on any atom is 0.163 e. The zero-order chi connectivity index (χ0) is 16.1. The van der Waals surface area contributed by atoms with Gasteiger partial charge in [-0.2, -0.15) is 0 Å². The van der Waals surface area contributed by atoms with Gasteiger partial charge in [0.2, 0.25) is 0 Å². The Morgan fingerprint density at radius 3 is 2.26 bits per heavy atom. The minimum absolute atomic E-state index is 0.0628. The Bertz CT molecular complexity index is 624. The Kier molecular flexibility index (Phi) is 4.84. The van der Waals surface area contributed by atoms with Gasteiger partial charge in [-0.15, -0.1) is 0 Å². The van der Waals surface area contributed by atoms with Crippen molar-refractivity contribution >= 4 is 0 Å². The van der Waals surface area contributed by atoms with Gasteiger partial charge in [-0.1, -0.05) is 42.5 Å². The fourth-order valence-electron chi connectivity index (χ4n) is 2.45. The zero-order valence-electron chi connectivity index (χ0n) is 13.5. The van der Waals surface area contributed by atoms with Gasteiger partial charge in [0.1, 0.15) is 19.3 Å². The molecule has 1 aliphatic heterocycles. The van der Waals surface area contributed by atoms with E-state index in [4.69, 9.17) is 18.9 Å². The molecule has 23 heavy (non-hydrogen) atoms. The lowest BCUT2D eigenvalue weighted by atomic mass is 10.2. The lowest BCUT2D eigenvalue weighted by Gasteiger charge is -2.18. The highest BCUT2D eigenvalue weighted by atomic mass is 16.7. The van der Waals surface area contributed by atoms with Crippen LogP contribution in [0.5, 0.6) is 11.5 Å². The Hall–Kier alpha value is -2.04. The normalized spacial score (nSPS) is 19.5. The van der Waals surface area contributed by atoms with Gasteiger partial charge in [0.25, 0.3) is 0 Å². The van der Waals surface area contributed by atoms with Crippen molar-refractivity contribution < 1.29 is 18.9 Å². The van der Waals surface area contributed by atoms with Crippen LogP contribution in [-0.2, 0) is 16.1 Å². The summed E-state index contributed by atoms with van der Waals surface area (Å²) in [6.07, 6.45) is -0.0628. The van der Waals surface area contributed by atoms with Crippen LogP contribution in [-0.4, -0.2) is 25.1 Å². The van der Waals surface area contributed by atoms with Gasteiger partial charge in [-0.3, -0.25) is 0 Å². The van der Waals surface area contributed by atoms with E-state index in [1.165, 1.54) is 0 Å². The van der Waals surface area contributed by atoms with Crippen LogP contribution < -0.4 is 9.47 Å². The molecule has 122 valence electrons. The molecule has 0 unspecified atom stereocenters. The molecule has 1 saturated heterocycles. The molecule has 4 heteroatoms. The topological polar surface area (TPSA) is 36.9 Å². The Balaban J connectivity index is 1.57. The summed E-state index contributed by atoms with van der Waals surface area (Å²) in [6, 6.07) is 17.7. The quantitative estimate of drug-likeness (QED) is 0.813. The van der Waals surface area contributed by atoms with E-state index in [2.05, 4.69) is 0 Å². The summed E-state index contributed by atoms with van der Waals surface area (Å²) in [7, 11) is 0. The Morgan fingerprint density at radius 2 is 1.61 bits per heavy atom. The van der Waals surface area contributed by atoms with E-state index in [0.29, 0.717) is 19.8 Å². The lowest BCUT2D eigenvalue weighted by Crippen LogP contribution is -2.25. The molecule has 1 aliphatic rings. The largest absolute Gasteiger partial charge is 0.487 e. The molecule has 0 bridgehead atoms. The third-order valence-corrected chi connectivity index (χ3v) is 3.58. The van der Waals surface area contributed by atoms with E-state index in [1.54, 1.807) is 0 Å². The molecule has 1 atom stereocenters. The third-order valence-electron chi connectivity index (χ3n) is 3.58. The van der Waals surface area contributed by atoms with Crippen LogP contribution in [0.1, 0.15) is 19.4 Å². The van der Waals surface area contributed by atoms with Crippen LogP contribution in [0, 0.1) is 0 Å². The van der Waals surface area contributed by atoms with E-state index >= 15 is 0 Å². The lowest BCUT2D eigenvalue weighted by molar-refractivity contribution is -0.141. The molecule has 1 fully saturated rings. The average Bonchev–Trinajstić information content (AvgIpc) is 2.92. The van der Waals surface area contributed by atoms with Crippen molar-refractivity contribution in [2.75, 3.05) is 13.2 Å².